The van der Waals surface area contributed by atoms with E-state index in [4.69, 9.17) is 9.47 Å². The van der Waals surface area contributed by atoms with Crippen LogP contribution in [0.25, 0.3) is 16.5 Å². The molecule has 0 aliphatic heterocycles. The van der Waals surface area contributed by atoms with E-state index < -0.39 is 6.03 Å². The Balaban J connectivity index is 1.30. The SMILES string of the molecule is COCC(=O)Nc1cc(COc2ccc(NC(=O)Nc3cc(O)nn3-c3ccc(C)cc3)c3ccccc23)ccn1. The molecular formula is C30H28N6O5. The van der Waals surface area contributed by atoms with Gasteiger partial charge >= 0.3 is 6.03 Å². The first-order valence-electron chi connectivity index (χ1n) is 12.7. The Morgan fingerprint density at radius 3 is 2.49 bits per heavy atom. The van der Waals surface area contributed by atoms with Crippen LogP contribution in [0.3, 0.4) is 0 Å². The van der Waals surface area contributed by atoms with Crippen molar-refractivity contribution in [3.05, 3.63) is 96.2 Å². The number of benzene rings is 3. The maximum absolute atomic E-state index is 13.0. The van der Waals surface area contributed by atoms with E-state index in [0.717, 1.165) is 21.9 Å². The van der Waals surface area contributed by atoms with Crippen LogP contribution in [0.15, 0.2) is 85.1 Å². The second kappa shape index (κ2) is 12.2. The summed E-state index contributed by atoms with van der Waals surface area (Å²) in [6.07, 6.45) is 1.59. The van der Waals surface area contributed by atoms with Gasteiger partial charge in [0.1, 0.15) is 30.6 Å². The Labute approximate surface area is 235 Å². The Bertz CT molecular complexity index is 1700. The lowest BCUT2D eigenvalue weighted by Crippen LogP contribution is -2.21. The third kappa shape index (κ3) is 6.60. The zero-order valence-corrected chi connectivity index (χ0v) is 22.4. The molecule has 2 heterocycles. The van der Waals surface area contributed by atoms with Gasteiger partial charge in [0.15, 0.2) is 0 Å². The Morgan fingerprint density at radius 2 is 1.71 bits per heavy atom. The molecule has 0 spiro atoms. The number of hydrogen-bond donors (Lipinski definition) is 4. The number of pyridine rings is 1. The summed E-state index contributed by atoms with van der Waals surface area (Å²) in [6, 6.07) is 23.0. The fourth-order valence-corrected chi connectivity index (χ4v) is 4.22. The van der Waals surface area contributed by atoms with Gasteiger partial charge in [-0.3, -0.25) is 10.1 Å². The molecule has 4 N–H and O–H groups in total. The number of methoxy groups -OCH3 is 1. The monoisotopic (exact) mass is 552 g/mol. The number of aryl methyl sites for hydroxylation is 1. The minimum absolute atomic E-state index is 0.0638. The summed E-state index contributed by atoms with van der Waals surface area (Å²) in [5.41, 5.74) is 3.15. The Hall–Kier alpha value is -5.42. The molecule has 0 aliphatic rings. The van der Waals surface area contributed by atoms with Crippen LogP contribution in [0.4, 0.5) is 22.1 Å². The van der Waals surface area contributed by atoms with E-state index in [2.05, 4.69) is 26.0 Å². The predicted molar refractivity (Wildman–Crippen MR) is 156 cm³/mol. The third-order valence-electron chi connectivity index (χ3n) is 6.11. The number of carbonyl (C=O) groups excluding carboxylic acids is 2. The number of nitrogens with zero attached hydrogens (tertiary/aromatic N) is 3. The lowest BCUT2D eigenvalue weighted by molar-refractivity contribution is -0.119. The maximum atomic E-state index is 13.0. The molecule has 208 valence electrons. The zero-order chi connectivity index (χ0) is 28.8. The molecule has 11 nitrogen and oxygen atoms in total. The number of urea groups is 1. The van der Waals surface area contributed by atoms with Gasteiger partial charge in [0.2, 0.25) is 5.88 Å². The van der Waals surface area contributed by atoms with E-state index in [0.29, 0.717) is 28.8 Å². The molecule has 0 bridgehead atoms. The van der Waals surface area contributed by atoms with E-state index in [1.165, 1.54) is 17.9 Å². The fourth-order valence-electron chi connectivity index (χ4n) is 4.22. The standard InChI is InChI=1S/C30H28N6O5/c1-19-7-9-21(10-8-19)36-27(16-28(37)35-36)34-30(39)32-24-11-12-25(23-6-4-3-5-22(23)24)41-17-20-13-14-31-26(15-20)33-29(38)18-40-2/h3-16H,17-18H2,1-2H3,(H,35,37)(H,31,33,38)(H2,32,34,39). The van der Waals surface area contributed by atoms with Gasteiger partial charge in [0.05, 0.1) is 11.4 Å². The Morgan fingerprint density at radius 1 is 0.927 bits per heavy atom. The average molecular weight is 553 g/mol. The van der Waals surface area contributed by atoms with Gasteiger partial charge in [-0.15, -0.1) is 5.10 Å². The lowest BCUT2D eigenvalue weighted by Gasteiger charge is -2.15. The van der Waals surface area contributed by atoms with Crippen LogP contribution in [0.1, 0.15) is 11.1 Å². The van der Waals surface area contributed by atoms with Crippen LogP contribution in [0.2, 0.25) is 0 Å². The molecule has 0 unspecified atom stereocenters. The second-order valence-electron chi connectivity index (χ2n) is 9.19. The first kappa shape index (κ1) is 27.2. The molecule has 11 heteroatoms. The van der Waals surface area contributed by atoms with Crippen LogP contribution in [-0.2, 0) is 16.1 Å². The zero-order valence-electron chi connectivity index (χ0n) is 22.4. The molecule has 0 atom stereocenters. The van der Waals surface area contributed by atoms with Crippen molar-refractivity contribution in [1.82, 2.24) is 14.8 Å². The van der Waals surface area contributed by atoms with Gasteiger partial charge in [-0.05, 0) is 48.9 Å². The quantitative estimate of drug-likeness (QED) is 0.196. The predicted octanol–water partition coefficient (Wildman–Crippen LogP) is 5.24. The first-order chi connectivity index (χ1) is 19.9. The molecule has 0 fully saturated rings. The highest BCUT2D eigenvalue weighted by molar-refractivity contribution is 6.07. The smallest absolute Gasteiger partial charge is 0.324 e. The summed E-state index contributed by atoms with van der Waals surface area (Å²) in [5, 5.41) is 24.0. The van der Waals surface area contributed by atoms with Crippen LogP contribution < -0.4 is 20.7 Å². The molecule has 0 radical (unpaired) electrons. The van der Waals surface area contributed by atoms with Crippen molar-refractivity contribution < 1.29 is 24.2 Å². The molecular weight excluding hydrogens is 524 g/mol. The molecule has 3 amide bonds. The van der Waals surface area contributed by atoms with Crippen molar-refractivity contribution in [1.29, 1.82) is 0 Å². The van der Waals surface area contributed by atoms with Crippen molar-refractivity contribution in [2.75, 3.05) is 29.7 Å². The van der Waals surface area contributed by atoms with Crippen molar-refractivity contribution in [2.45, 2.75) is 13.5 Å². The molecule has 5 aromatic rings. The summed E-state index contributed by atoms with van der Waals surface area (Å²) < 4.78 is 12.4. The summed E-state index contributed by atoms with van der Waals surface area (Å²) >= 11 is 0. The van der Waals surface area contributed by atoms with E-state index in [9.17, 15) is 14.7 Å². The highest BCUT2D eigenvalue weighted by Crippen LogP contribution is 2.32. The van der Waals surface area contributed by atoms with Crippen molar-refractivity contribution in [2.24, 2.45) is 0 Å². The molecule has 0 saturated carbocycles. The van der Waals surface area contributed by atoms with Gasteiger partial charge in [-0.25, -0.2) is 14.5 Å². The van der Waals surface area contributed by atoms with Gasteiger partial charge in [-0.1, -0.05) is 42.0 Å². The fraction of sp³-hybridized carbons (Fsp3) is 0.133. The van der Waals surface area contributed by atoms with Crippen LogP contribution in [-0.4, -0.2) is 45.5 Å². The lowest BCUT2D eigenvalue weighted by atomic mass is 10.1. The molecule has 2 aromatic heterocycles. The summed E-state index contributed by atoms with van der Waals surface area (Å²) in [5.74, 6) is 0.818. The summed E-state index contributed by atoms with van der Waals surface area (Å²) in [7, 11) is 1.45. The molecule has 41 heavy (non-hydrogen) atoms. The topological polar surface area (TPSA) is 140 Å². The number of aromatic nitrogens is 3. The van der Waals surface area contributed by atoms with Crippen LogP contribution in [0.5, 0.6) is 11.6 Å². The van der Waals surface area contributed by atoms with Crippen molar-refractivity contribution in [3.8, 4) is 17.3 Å². The first-order valence-corrected chi connectivity index (χ1v) is 12.7. The second-order valence-corrected chi connectivity index (χ2v) is 9.19. The normalized spacial score (nSPS) is 10.8. The van der Waals surface area contributed by atoms with Crippen molar-refractivity contribution in [3.63, 3.8) is 0 Å². The number of rotatable bonds is 9. The minimum atomic E-state index is -0.503. The van der Waals surface area contributed by atoms with E-state index in [1.54, 1.807) is 30.5 Å². The van der Waals surface area contributed by atoms with Gasteiger partial charge in [-0.2, -0.15) is 0 Å². The van der Waals surface area contributed by atoms with Gasteiger partial charge < -0.3 is 25.2 Å². The van der Waals surface area contributed by atoms with Crippen molar-refractivity contribution >= 4 is 40.0 Å². The number of hydrogen-bond acceptors (Lipinski definition) is 7. The molecule has 0 saturated heterocycles. The molecule has 0 aliphatic carbocycles. The van der Waals surface area contributed by atoms with Crippen LogP contribution in [0, 0.1) is 6.92 Å². The van der Waals surface area contributed by atoms with E-state index in [1.807, 2.05) is 55.5 Å². The summed E-state index contributed by atoms with van der Waals surface area (Å²) in [6.45, 7) is 2.14. The number of amides is 3. The van der Waals surface area contributed by atoms with E-state index >= 15 is 0 Å². The number of fused-ring (bicyclic) bond motifs is 1. The average Bonchev–Trinajstić information content (AvgIpc) is 3.32. The van der Waals surface area contributed by atoms with Gasteiger partial charge in [0, 0.05) is 30.1 Å². The summed E-state index contributed by atoms with van der Waals surface area (Å²) in [4.78, 5) is 28.9. The highest BCUT2D eigenvalue weighted by Gasteiger charge is 2.15. The number of carbonyl (C=O) groups is 2. The number of ether oxygens (including phenoxy) is 2. The maximum Gasteiger partial charge on any atom is 0.324 e. The third-order valence-corrected chi connectivity index (χ3v) is 6.11. The number of nitrogens with one attached hydrogen (secondary N) is 3. The minimum Gasteiger partial charge on any atom is -0.492 e. The molecule has 3 aromatic carbocycles. The van der Waals surface area contributed by atoms with Gasteiger partial charge in [0.25, 0.3) is 5.91 Å². The highest BCUT2D eigenvalue weighted by atomic mass is 16.5. The Kier molecular flexibility index (Phi) is 8.07. The van der Waals surface area contributed by atoms with Crippen LogP contribution >= 0.6 is 0 Å². The number of anilines is 3. The van der Waals surface area contributed by atoms with E-state index in [-0.39, 0.29) is 25.0 Å². The molecule has 5 rings (SSSR count). The number of aromatic hydroxyl groups is 1. The largest absolute Gasteiger partial charge is 0.492 e.